The molecule has 0 radical (unpaired) electrons. The molecule has 2 rings (SSSR count). The van der Waals surface area contributed by atoms with Crippen LogP contribution in [0.15, 0.2) is 12.1 Å². The van der Waals surface area contributed by atoms with Crippen LogP contribution in [-0.2, 0) is 0 Å². The predicted molar refractivity (Wildman–Crippen MR) is 66.9 cm³/mol. The zero-order chi connectivity index (χ0) is 11.7. The average molecular weight is 219 g/mol. The summed E-state index contributed by atoms with van der Waals surface area (Å²) < 4.78 is 5.80. The van der Waals surface area contributed by atoms with Gasteiger partial charge in [0, 0.05) is 6.04 Å². The molecule has 0 amide bonds. The molecule has 1 aliphatic carbocycles. The third kappa shape index (κ3) is 2.07. The van der Waals surface area contributed by atoms with Gasteiger partial charge in [-0.25, -0.2) is 0 Å². The lowest BCUT2D eigenvalue weighted by Gasteiger charge is -2.18. The number of hydrogen-bond donors (Lipinski definition) is 1. The van der Waals surface area contributed by atoms with Crippen LogP contribution >= 0.6 is 0 Å². The van der Waals surface area contributed by atoms with Crippen molar-refractivity contribution in [2.45, 2.75) is 45.6 Å². The number of hydrogen-bond acceptors (Lipinski definition) is 2. The van der Waals surface area contributed by atoms with Gasteiger partial charge in [0.25, 0.3) is 0 Å². The summed E-state index contributed by atoms with van der Waals surface area (Å²) in [4.78, 5) is 0. The van der Waals surface area contributed by atoms with Crippen molar-refractivity contribution in [3.05, 3.63) is 28.8 Å². The quantitative estimate of drug-likeness (QED) is 0.843. The van der Waals surface area contributed by atoms with E-state index in [0.29, 0.717) is 0 Å². The fraction of sp³-hybridized carbons (Fsp3) is 0.571. The summed E-state index contributed by atoms with van der Waals surface area (Å²) in [6.07, 6.45) is 2.61. The topological polar surface area (TPSA) is 35.2 Å². The van der Waals surface area contributed by atoms with Crippen LogP contribution < -0.4 is 10.5 Å². The Morgan fingerprint density at radius 3 is 2.62 bits per heavy atom. The second-order valence-electron chi connectivity index (χ2n) is 4.69. The summed E-state index contributed by atoms with van der Waals surface area (Å²) in [5, 5.41) is 0. The Morgan fingerprint density at radius 2 is 2.12 bits per heavy atom. The fourth-order valence-corrected chi connectivity index (χ4v) is 2.27. The number of ether oxygens (including phenoxy) is 1. The van der Waals surface area contributed by atoms with Crippen LogP contribution in [0.4, 0.5) is 0 Å². The van der Waals surface area contributed by atoms with Crippen LogP contribution in [0.2, 0.25) is 0 Å². The van der Waals surface area contributed by atoms with Gasteiger partial charge in [0.1, 0.15) is 5.75 Å². The maximum absolute atomic E-state index is 5.97. The van der Waals surface area contributed by atoms with Crippen molar-refractivity contribution in [2.75, 3.05) is 6.61 Å². The standard InChI is InChI=1S/C14H21NO/c1-4-16-14-9(2)12(10(3)15)7-8-13(14)11-5-6-11/h7-8,10-11H,4-6,15H2,1-3H3/t10-/m1/s1. The van der Waals surface area contributed by atoms with Crippen molar-refractivity contribution in [1.82, 2.24) is 0 Å². The Morgan fingerprint density at radius 1 is 1.44 bits per heavy atom. The maximum atomic E-state index is 5.97. The van der Waals surface area contributed by atoms with Gasteiger partial charge in [0.05, 0.1) is 6.61 Å². The van der Waals surface area contributed by atoms with Crippen LogP contribution in [0.5, 0.6) is 5.75 Å². The monoisotopic (exact) mass is 219 g/mol. The average Bonchev–Trinajstić information content (AvgIpc) is 3.04. The highest BCUT2D eigenvalue weighted by atomic mass is 16.5. The second kappa shape index (κ2) is 4.46. The van der Waals surface area contributed by atoms with E-state index in [0.717, 1.165) is 18.3 Å². The van der Waals surface area contributed by atoms with Crippen LogP contribution in [0, 0.1) is 6.92 Å². The highest BCUT2D eigenvalue weighted by molar-refractivity contribution is 5.49. The molecule has 0 saturated heterocycles. The lowest BCUT2D eigenvalue weighted by atomic mass is 9.97. The SMILES string of the molecule is CCOc1c(C2CC2)ccc([C@@H](C)N)c1C. The van der Waals surface area contributed by atoms with Crippen LogP contribution in [0.3, 0.4) is 0 Å². The lowest BCUT2D eigenvalue weighted by Crippen LogP contribution is -2.09. The Kier molecular flexibility index (Phi) is 3.20. The van der Waals surface area contributed by atoms with Crippen molar-refractivity contribution >= 4 is 0 Å². The summed E-state index contributed by atoms with van der Waals surface area (Å²) in [5.41, 5.74) is 9.77. The summed E-state index contributed by atoms with van der Waals surface area (Å²) in [5.74, 6) is 1.81. The molecule has 0 aliphatic heterocycles. The summed E-state index contributed by atoms with van der Waals surface area (Å²) in [6, 6.07) is 4.44. The third-order valence-electron chi connectivity index (χ3n) is 3.27. The van der Waals surface area contributed by atoms with Gasteiger partial charge >= 0.3 is 0 Å². The molecule has 0 heterocycles. The summed E-state index contributed by atoms with van der Waals surface area (Å²) in [7, 11) is 0. The molecule has 2 nitrogen and oxygen atoms in total. The Labute approximate surface area is 97.8 Å². The molecule has 1 saturated carbocycles. The normalized spacial score (nSPS) is 17.2. The van der Waals surface area contributed by atoms with Gasteiger partial charge < -0.3 is 10.5 Å². The van der Waals surface area contributed by atoms with Gasteiger partial charge in [0.15, 0.2) is 0 Å². The predicted octanol–water partition coefficient (Wildman–Crippen LogP) is 3.29. The van der Waals surface area contributed by atoms with Gasteiger partial charge in [-0.05, 0) is 56.2 Å². The Bertz CT molecular complexity index is 381. The smallest absolute Gasteiger partial charge is 0.125 e. The van der Waals surface area contributed by atoms with E-state index in [-0.39, 0.29) is 6.04 Å². The third-order valence-corrected chi connectivity index (χ3v) is 3.27. The van der Waals surface area contributed by atoms with E-state index in [1.54, 1.807) is 0 Å². The van der Waals surface area contributed by atoms with Gasteiger partial charge in [0.2, 0.25) is 0 Å². The van der Waals surface area contributed by atoms with E-state index in [9.17, 15) is 0 Å². The van der Waals surface area contributed by atoms with Crippen LogP contribution in [-0.4, -0.2) is 6.61 Å². The second-order valence-corrected chi connectivity index (χ2v) is 4.69. The molecule has 2 heteroatoms. The van der Waals surface area contributed by atoms with E-state index >= 15 is 0 Å². The van der Waals surface area contributed by atoms with Crippen molar-refractivity contribution in [3.8, 4) is 5.75 Å². The first-order valence-corrected chi connectivity index (χ1v) is 6.17. The van der Waals surface area contributed by atoms with Crippen molar-refractivity contribution in [1.29, 1.82) is 0 Å². The van der Waals surface area contributed by atoms with Gasteiger partial charge in [-0.1, -0.05) is 12.1 Å². The van der Waals surface area contributed by atoms with Crippen molar-refractivity contribution < 1.29 is 4.74 Å². The van der Waals surface area contributed by atoms with Crippen molar-refractivity contribution in [3.63, 3.8) is 0 Å². The number of nitrogens with two attached hydrogens (primary N) is 1. The van der Waals surface area contributed by atoms with E-state index in [2.05, 4.69) is 19.1 Å². The molecule has 1 aliphatic rings. The van der Waals surface area contributed by atoms with Crippen LogP contribution in [0.1, 0.15) is 55.3 Å². The zero-order valence-corrected chi connectivity index (χ0v) is 10.4. The fourth-order valence-electron chi connectivity index (χ4n) is 2.27. The minimum atomic E-state index is 0.0764. The molecule has 0 spiro atoms. The summed E-state index contributed by atoms with van der Waals surface area (Å²) in [6.45, 7) is 6.90. The highest BCUT2D eigenvalue weighted by Gasteiger charge is 2.28. The van der Waals surface area contributed by atoms with E-state index in [1.165, 1.54) is 29.5 Å². The van der Waals surface area contributed by atoms with Gasteiger partial charge in [-0.2, -0.15) is 0 Å². The Balaban J connectivity index is 2.44. The molecule has 1 atom stereocenters. The van der Waals surface area contributed by atoms with Gasteiger partial charge in [-0.3, -0.25) is 0 Å². The van der Waals surface area contributed by atoms with E-state index in [1.807, 2.05) is 13.8 Å². The first kappa shape index (κ1) is 11.5. The molecule has 16 heavy (non-hydrogen) atoms. The van der Waals surface area contributed by atoms with E-state index < -0.39 is 0 Å². The molecule has 1 aromatic carbocycles. The molecule has 88 valence electrons. The van der Waals surface area contributed by atoms with Crippen LogP contribution in [0.25, 0.3) is 0 Å². The molecule has 2 N–H and O–H groups in total. The first-order valence-electron chi connectivity index (χ1n) is 6.17. The first-order chi connectivity index (χ1) is 7.65. The number of rotatable bonds is 4. The highest BCUT2D eigenvalue weighted by Crippen LogP contribution is 2.46. The lowest BCUT2D eigenvalue weighted by molar-refractivity contribution is 0.333. The molecule has 1 fully saturated rings. The molecular weight excluding hydrogens is 198 g/mol. The molecule has 0 aromatic heterocycles. The molecular formula is C14H21NO. The molecule has 1 aromatic rings. The van der Waals surface area contributed by atoms with Crippen molar-refractivity contribution in [2.24, 2.45) is 5.73 Å². The molecule has 0 bridgehead atoms. The Hall–Kier alpha value is -1.02. The molecule has 0 unspecified atom stereocenters. The van der Waals surface area contributed by atoms with Gasteiger partial charge in [-0.15, -0.1) is 0 Å². The number of benzene rings is 1. The minimum Gasteiger partial charge on any atom is -0.493 e. The minimum absolute atomic E-state index is 0.0764. The maximum Gasteiger partial charge on any atom is 0.125 e. The largest absolute Gasteiger partial charge is 0.493 e. The van der Waals surface area contributed by atoms with E-state index in [4.69, 9.17) is 10.5 Å². The zero-order valence-electron chi connectivity index (χ0n) is 10.4. The summed E-state index contributed by atoms with van der Waals surface area (Å²) >= 11 is 0.